The molecule has 3 heteroatoms. The van der Waals surface area contributed by atoms with Crippen LogP contribution in [0.3, 0.4) is 0 Å². The van der Waals surface area contributed by atoms with Gasteiger partial charge in [-0.15, -0.1) is 0 Å². The van der Waals surface area contributed by atoms with Crippen LogP contribution in [0.4, 0.5) is 0 Å². The molecule has 1 unspecified atom stereocenters. The minimum Gasteiger partial charge on any atom is -0.469 e. The summed E-state index contributed by atoms with van der Waals surface area (Å²) in [5, 5.41) is 0. The first-order valence-electron chi connectivity index (χ1n) is 2.74. The highest BCUT2D eigenvalue weighted by molar-refractivity contribution is 7.29. The van der Waals surface area contributed by atoms with Crippen molar-refractivity contribution in [1.82, 2.24) is 4.67 Å². The zero-order valence-electron chi connectivity index (χ0n) is 4.92. The van der Waals surface area contributed by atoms with E-state index in [1.165, 1.54) is 0 Å². The van der Waals surface area contributed by atoms with Gasteiger partial charge in [-0.3, -0.25) is 0 Å². The van der Waals surface area contributed by atoms with Gasteiger partial charge in [0.05, 0.1) is 6.26 Å². The number of hydrogen-bond acceptors (Lipinski definition) is 2. The third-order valence-electron chi connectivity index (χ3n) is 1.05. The Morgan fingerprint density at radius 3 is 3.12 bits per heavy atom. The molecule has 0 aliphatic carbocycles. The van der Waals surface area contributed by atoms with Gasteiger partial charge in [-0.2, -0.15) is 0 Å². The lowest BCUT2D eigenvalue weighted by atomic mass is 10.6. The predicted octanol–water partition coefficient (Wildman–Crippen LogP) is 1.36. The molecule has 1 aliphatic heterocycles. The molecule has 2 nitrogen and oxygen atoms in total. The molecule has 1 heterocycles. The summed E-state index contributed by atoms with van der Waals surface area (Å²) in [4.78, 5) is 0. The van der Waals surface area contributed by atoms with Crippen LogP contribution in [0.2, 0.25) is 0 Å². The highest BCUT2D eigenvalue weighted by Crippen LogP contribution is 2.21. The lowest BCUT2D eigenvalue weighted by Crippen LogP contribution is -2.15. The molecule has 1 aliphatic rings. The largest absolute Gasteiger partial charge is 0.469 e. The third-order valence-corrected chi connectivity index (χ3v) is 2.05. The summed E-state index contributed by atoms with van der Waals surface area (Å²) in [7, 11) is 0.539. The molecular formula is C5H10NOP. The topological polar surface area (TPSA) is 12.5 Å². The smallest absolute Gasteiger partial charge is 0.148 e. The molecule has 1 atom stereocenters. The van der Waals surface area contributed by atoms with Gasteiger partial charge in [0.15, 0.2) is 0 Å². The number of rotatable bonds is 1. The van der Waals surface area contributed by atoms with Gasteiger partial charge in [0, 0.05) is 13.1 Å². The molecule has 46 valence electrons. The quantitative estimate of drug-likeness (QED) is 0.498. The molecule has 0 aromatic heterocycles. The molecule has 0 aromatic carbocycles. The molecule has 0 spiro atoms. The predicted molar refractivity (Wildman–Crippen MR) is 35.8 cm³/mol. The molecule has 0 saturated heterocycles. The summed E-state index contributed by atoms with van der Waals surface area (Å²) in [5.74, 6) is 0. The van der Waals surface area contributed by atoms with Crippen LogP contribution in [0.25, 0.3) is 0 Å². The van der Waals surface area contributed by atoms with E-state index < -0.39 is 0 Å². The van der Waals surface area contributed by atoms with E-state index in [1.54, 1.807) is 6.26 Å². The van der Waals surface area contributed by atoms with E-state index >= 15 is 0 Å². The summed E-state index contributed by atoms with van der Waals surface area (Å²) in [6.45, 7) is 4.27. The van der Waals surface area contributed by atoms with Crippen LogP contribution < -0.4 is 0 Å². The summed E-state index contributed by atoms with van der Waals surface area (Å²) in [5.41, 5.74) is 0. The highest BCUT2D eigenvalue weighted by Gasteiger charge is 2.01. The monoisotopic (exact) mass is 131 g/mol. The second kappa shape index (κ2) is 3.06. The average molecular weight is 131 g/mol. The number of hydrogen-bond donors (Lipinski definition) is 0. The average Bonchev–Trinajstić information content (AvgIpc) is 1.90. The first kappa shape index (κ1) is 6.06. The van der Waals surface area contributed by atoms with Crippen LogP contribution in [0.15, 0.2) is 12.3 Å². The van der Waals surface area contributed by atoms with E-state index in [4.69, 9.17) is 4.52 Å². The van der Waals surface area contributed by atoms with Crippen molar-refractivity contribution >= 4 is 8.96 Å². The maximum atomic E-state index is 5.05. The second-order valence-electron chi connectivity index (χ2n) is 1.62. The second-order valence-corrected chi connectivity index (χ2v) is 2.67. The summed E-state index contributed by atoms with van der Waals surface area (Å²) >= 11 is 0. The first-order valence-corrected chi connectivity index (χ1v) is 3.60. The highest BCUT2D eigenvalue weighted by atomic mass is 31.1. The van der Waals surface area contributed by atoms with Gasteiger partial charge < -0.3 is 4.52 Å². The van der Waals surface area contributed by atoms with Crippen molar-refractivity contribution in [2.75, 3.05) is 13.1 Å². The Balaban J connectivity index is 2.27. The van der Waals surface area contributed by atoms with Crippen LogP contribution in [0.1, 0.15) is 6.92 Å². The zero-order valence-corrected chi connectivity index (χ0v) is 5.92. The van der Waals surface area contributed by atoms with Gasteiger partial charge in [-0.05, 0) is 6.08 Å². The molecule has 0 N–H and O–H groups in total. The third kappa shape index (κ3) is 1.46. The molecule has 0 aromatic rings. The maximum absolute atomic E-state index is 5.05. The fraction of sp³-hybridized carbons (Fsp3) is 0.600. The summed E-state index contributed by atoms with van der Waals surface area (Å²) in [6, 6.07) is 0. The van der Waals surface area contributed by atoms with Gasteiger partial charge in [0.2, 0.25) is 0 Å². The summed E-state index contributed by atoms with van der Waals surface area (Å²) in [6.07, 6.45) is 3.80. The van der Waals surface area contributed by atoms with Crippen molar-refractivity contribution in [2.45, 2.75) is 6.92 Å². The van der Waals surface area contributed by atoms with Crippen molar-refractivity contribution < 1.29 is 4.52 Å². The lowest BCUT2D eigenvalue weighted by molar-refractivity contribution is 0.421. The molecule has 8 heavy (non-hydrogen) atoms. The van der Waals surface area contributed by atoms with Crippen molar-refractivity contribution in [3.63, 3.8) is 0 Å². The molecule has 0 saturated carbocycles. The zero-order chi connectivity index (χ0) is 5.82. The van der Waals surface area contributed by atoms with E-state index in [2.05, 4.69) is 11.6 Å². The Bertz CT molecular complexity index is 94.4. The fourth-order valence-electron chi connectivity index (χ4n) is 0.554. The van der Waals surface area contributed by atoms with Gasteiger partial charge in [-0.25, -0.2) is 4.67 Å². The molecule has 0 bridgehead atoms. The Hall–Kier alpha value is -0.0700. The van der Waals surface area contributed by atoms with Crippen LogP contribution in [0.5, 0.6) is 0 Å². The first-order chi connectivity index (χ1) is 3.93. The van der Waals surface area contributed by atoms with E-state index in [-0.39, 0.29) is 0 Å². The Morgan fingerprint density at radius 2 is 2.75 bits per heavy atom. The Labute approximate surface area is 51.4 Å². The minimum atomic E-state index is 0.539. The SMILES string of the molecule is CCN1CC=COP1. The van der Waals surface area contributed by atoms with Crippen molar-refractivity contribution in [3.8, 4) is 0 Å². The van der Waals surface area contributed by atoms with Crippen molar-refractivity contribution in [1.29, 1.82) is 0 Å². The van der Waals surface area contributed by atoms with Crippen LogP contribution in [0, 0.1) is 0 Å². The van der Waals surface area contributed by atoms with E-state index in [9.17, 15) is 0 Å². The van der Waals surface area contributed by atoms with Gasteiger partial charge in [-0.1, -0.05) is 6.92 Å². The van der Waals surface area contributed by atoms with Crippen LogP contribution in [-0.4, -0.2) is 17.8 Å². The van der Waals surface area contributed by atoms with Crippen molar-refractivity contribution in [2.24, 2.45) is 0 Å². The van der Waals surface area contributed by atoms with Crippen LogP contribution >= 0.6 is 8.96 Å². The van der Waals surface area contributed by atoms with Gasteiger partial charge in [0.1, 0.15) is 8.96 Å². The fourth-order valence-corrected chi connectivity index (χ4v) is 1.17. The Morgan fingerprint density at radius 1 is 1.88 bits per heavy atom. The summed E-state index contributed by atoms with van der Waals surface area (Å²) < 4.78 is 7.28. The van der Waals surface area contributed by atoms with E-state index in [1.807, 2.05) is 6.08 Å². The number of likely N-dealkylation sites (N-methyl/N-ethyl adjacent to an activating group) is 1. The Kier molecular flexibility index (Phi) is 2.31. The lowest BCUT2D eigenvalue weighted by Gasteiger charge is -2.19. The van der Waals surface area contributed by atoms with Gasteiger partial charge >= 0.3 is 0 Å². The molecular weight excluding hydrogens is 121 g/mol. The van der Waals surface area contributed by atoms with Crippen LogP contribution in [-0.2, 0) is 4.52 Å². The van der Waals surface area contributed by atoms with Gasteiger partial charge in [0.25, 0.3) is 0 Å². The maximum Gasteiger partial charge on any atom is 0.148 e. The molecule has 0 fully saturated rings. The molecule has 0 radical (unpaired) electrons. The standard InChI is InChI=1S/C5H10NOP/c1-2-6-4-3-5-7-8-6/h3,5,8H,2,4H2,1H3. The minimum absolute atomic E-state index is 0.539. The van der Waals surface area contributed by atoms with E-state index in [0.29, 0.717) is 8.96 Å². The molecule has 0 amide bonds. The van der Waals surface area contributed by atoms with Crippen molar-refractivity contribution in [3.05, 3.63) is 12.3 Å². The number of nitrogens with zero attached hydrogens (tertiary/aromatic N) is 1. The molecule has 1 rings (SSSR count). The van der Waals surface area contributed by atoms with E-state index in [0.717, 1.165) is 13.1 Å². The normalized spacial score (nSPS) is 23.6.